The molecular formula is C19H27NO4. The summed E-state index contributed by atoms with van der Waals surface area (Å²) in [5, 5.41) is 9.20. The second-order valence-corrected chi connectivity index (χ2v) is 6.98. The Morgan fingerprint density at radius 1 is 1.25 bits per heavy atom. The topological polar surface area (TPSA) is 66.8 Å². The third-order valence-corrected chi connectivity index (χ3v) is 4.70. The van der Waals surface area contributed by atoms with Gasteiger partial charge in [0, 0.05) is 13.1 Å². The second-order valence-electron chi connectivity index (χ2n) is 6.98. The highest BCUT2D eigenvalue weighted by Gasteiger charge is 2.31. The molecule has 0 aromatic heterocycles. The van der Waals surface area contributed by atoms with E-state index in [4.69, 9.17) is 4.74 Å². The van der Waals surface area contributed by atoms with Crippen molar-refractivity contribution in [2.75, 3.05) is 19.7 Å². The fourth-order valence-corrected chi connectivity index (χ4v) is 3.29. The predicted molar refractivity (Wildman–Crippen MR) is 92.3 cm³/mol. The van der Waals surface area contributed by atoms with Gasteiger partial charge in [-0.15, -0.1) is 0 Å². The van der Waals surface area contributed by atoms with Gasteiger partial charge in [0.15, 0.2) is 0 Å². The number of carbonyl (C=O) groups is 2. The van der Waals surface area contributed by atoms with Crippen molar-refractivity contribution in [1.29, 1.82) is 0 Å². The molecule has 1 aromatic rings. The second kappa shape index (κ2) is 7.69. The number of likely N-dealkylation sites (tertiary alicyclic amines) is 1. The first-order valence-electron chi connectivity index (χ1n) is 8.49. The van der Waals surface area contributed by atoms with Gasteiger partial charge in [0.05, 0.1) is 18.9 Å². The maximum atomic E-state index is 12.4. The molecule has 1 aliphatic rings. The van der Waals surface area contributed by atoms with Crippen LogP contribution >= 0.6 is 0 Å². The number of piperidine rings is 1. The summed E-state index contributed by atoms with van der Waals surface area (Å²) in [6.07, 6.45) is 0.906. The van der Waals surface area contributed by atoms with Crippen LogP contribution in [0.3, 0.4) is 0 Å². The molecule has 1 saturated heterocycles. The largest absolute Gasteiger partial charge is 0.493 e. The van der Waals surface area contributed by atoms with Crippen LogP contribution in [0.5, 0.6) is 5.75 Å². The fraction of sp³-hybridized carbons (Fsp3) is 0.579. The summed E-state index contributed by atoms with van der Waals surface area (Å²) in [6.45, 7) is 9.31. The predicted octanol–water partition coefficient (Wildman–Crippen LogP) is 2.95. The van der Waals surface area contributed by atoms with Crippen molar-refractivity contribution in [3.63, 3.8) is 0 Å². The number of aliphatic carboxylic acids is 1. The first-order chi connectivity index (χ1) is 11.3. The number of carbonyl (C=O) groups excluding carboxylic acids is 1. The summed E-state index contributed by atoms with van der Waals surface area (Å²) >= 11 is 0. The Labute approximate surface area is 143 Å². The molecule has 1 fully saturated rings. The van der Waals surface area contributed by atoms with Crippen molar-refractivity contribution in [1.82, 2.24) is 4.90 Å². The van der Waals surface area contributed by atoms with Gasteiger partial charge >= 0.3 is 5.97 Å². The Kier molecular flexibility index (Phi) is 5.86. The molecule has 0 bridgehead atoms. The van der Waals surface area contributed by atoms with Gasteiger partial charge in [-0.2, -0.15) is 0 Å². The summed E-state index contributed by atoms with van der Waals surface area (Å²) < 4.78 is 5.80. The van der Waals surface area contributed by atoms with Crippen molar-refractivity contribution >= 4 is 11.9 Å². The quantitative estimate of drug-likeness (QED) is 0.899. The van der Waals surface area contributed by atoms with Crippen LogP contribution in [0.1, 0.15) is 36.5 Å². The van der Waals surface area contributed by atoms with Crippen molar-refractivity contribution in [3.8, 4) is 5.75 Å². The highest BCUT2D eigenvalue weighted by molar-refractivity contribution is 5.78. The lowest BCUT2D eigenvalue weighted by molar-refractivity contribution is -0.147. The van der Waals surface area contributed by atoms with E-state index in [-0.39, 0.29) is 18.2 Å². The molecule has 24 heavy (non-hydrogen) atoms. The van der Waals surface area contributed by atoms with Gasteiger partial charge in [-0.1, -0.05) is 13.0 Å². The monoisotopic (exact) mass is 333 g/mol. The Bertz CT molecular complexity index is 626. The lowest BCUT2D eigenvalue weighted by atomic mass is 9.90. The molecular weight excluding hydrogens is 306 g/mol. The third-order valence-electron chi connectivity index (χ3n) is 4.70. The van der Waals surface area contributed by atoms with Gasteiger partial charge in [-0.3, -0.25) is 9.59 Å². The molecule has 132 valence electrons. The first-order valence-corrected chi connectivity index (χ1v) is 8.49. The van der Waals surface area contributed by atoms with E-state index < -0.39 is 11.9 Å². The molecule has 2 rings (SSSR count). The molecule has 1 N–H and O–H groups in total. The minimum Gasteiger partial charge on any atom is -0.493 e. The van der Waals surface area contributed by atoms with E-state index in [9.17, 15) is 14.7 Å². The molecule has 1 aromatic carbocycles. The molecule has 1 heterocycles. The molecule has 5 nitrogen and oxygen atoms in total. The lowest BCUT2D eigenvalue weighted by Crippen LogP contribution is -2.45. The van der Waals surface area contributed by atoms with E-state index in [1.165, 1.54) is 5.56 Å². The molecule has 1 amide bonds. The van der Waals surface area contributed by atoms with Crippen LogP contribution in [0, 0.1) is 32.6 Å². The minimum absolute atomic E-state index is 0.0326. The maximum Gasteiger partial charge on any atom is 0.308 e. The average molecular weight is 333 g/mol. The summed E-state index contributed by atoms with van der Waals surface area (Å²) in [6, 6.07) is 4.09. The zero-order chi connectivity index (χ0) is 17.9. The number of nitrogens with zero attached hydrogens (tertiary/aromatic N) is 1. The van der Waals surface area contributed by atoms with Crippen molar-refractivity contribution in [2.24, 2.45) is 11.8 Å². The highest BCUT2D eigenvalue weighted by Crippen LogP contribution is 2.24. The molecule has 0 radical (unpaired) electrons. The number of hydrogen-bond donors (Lipinski definition) is 1. The zero-order valence-corrected chi connectivity index (χ0v) is 15.0. The van der Waals surface area contributed by atoms with Gasteiger partial charge < -0.3 is 14.7 Å². The number of ether oxygens (including phenoxy) is 1. The third kappa shape index (κ3) is 4.49. The number of carboxylic acid groups (broad SMARTS) is 1. The smallest absolute Gasteiger partial charge is 0.308 e. The Balaban J connectivity index is 1.90. The average Bonchev–Trinajstić information content (AvgIpc) is 2.51. The lowest BCUT2D eigenvalue weighted by Gasteiger charge is -2.34. The molecule has 0 aliphatic carbocycles. The van der Waals surface area contributed by atoms with Crippen LogP contribution in [-0.4, -0.2) is 41.6 Å². The summed E-state index contributed by atoms with van der Waals surface area (Å²) in [4.78, 5) is 25.3. The first kappa shape index (κ1) is 18.3. The Morgan fingerprint density at radius 2 is 1.96 bits per heavy atom. The number of amides is 1. The van der Waals surface area contributed by atoms with Gasteiger partial charge in [0.2, 0.25) is 5.91 Å². The van der Waals surface area contributed by atoms with Crippen LogP contribution in [0.15, 0.2) is 12.1 Å². The summed E-state index contributed by atoms with van der Waals surface area (Å²) in [5.74, 6) is -0.279. The number of rotatable bonds is 5. The van der Waals surface area contributed by atoms with Gasteiger partial charge in [0.25, 0.3) is 0 Å². The number of aryl methyl sites for hydroxylation is 2. The van der Waals surface area contributed by atoms with E-state index in [1.54, 1.807) is 4.90 Å². The van der Waals surface area contributed by atoms with Crippen LogP contribution in [-0.2, 0) is 9.59 Å². The highest BCUT2D eigenvalue weighted by atomic mass is 16.5. The Hall–Kier alpha value is -2.04. The molecule has 5 heteroatoms. The summed E-state index contributed by atoms with van der Waals surface area (Å²) in [5.41, 5.74) is 3.39. The van der Waals surface area contributed by atoms with E-state index in [0.29, 0.717) is 26.1 Å². The van der Waals surface area contributed by atoms with Gasteiger partial charge in [-0.25, -0.2) is 0 Å². The van der Waals surface area contributed by atoms with E-state index >= 15 is 0 Å². The van der Waals surface area contributed by atoms with Crippen molar-refractivity contribution in [3.05, 3.63) is 28.8 Å². The van der Waals surface area contributed by atoms with Crippen LogP contribution in [0.2, 0.25) is 0 Å². The van der Waals surface area contributed by atoms with Crippen molar-refractivity contribution in [2.45, 2.75) is 40.5 Å². The fourth-order valence-electron chi connectivity index (χ4n) is 3.29. The summed E-state index contributed by atoms with van der Waals surface area (Å²) in [7, 11) is 0. The number of benzene rings is 1. The molecule has 0 saturated carbocycles. The van der Waals surface area contributed by atoms with Gasteiger partial charge in [-0.05, 0) is 55.9 Å². The van der Waals surface area contributed by atoms with E-state index in [2.05, 4.69) is 6.07 Å². The Morgan fingerprint density at radius 3 is 2.62 bits per heavy atom. The van der Waals surface area contributed by atoms with E-state index in [0.717, 1.165) is 16.9 Å². The standard InChI is InChI=1S/C19H27NO4/c1-12-7-14(3)15(4)17(9-12)24-6-5-18(21)20-10-13(2)8-16(11-20)19(22)23/h7,9,13,16H,5-6,8,10-11H2,1-4H3,(H,22,23). The minimum atomic E-state index is -0.818. The van der Waals surface area contributed by atoms with Gasteiger partial charge in [0.1, 0.15) is 5.75 Å². The molecule has 2 unspecified atom stereocenters. The molecule has 1 aliphatic heterocycles. The van der Waals surface area contributed by atoms with Crippen LogP contribution in [0.4, 0.5) is 0 Å². The molecule has 0 spiro atoms. The normalized spacial score (nSPS) is 20.8. The number of hydrogen-bond acceptors (Lipinski definition) is 3. The number of carboxylic acids is 1. The van der Waals surface area contributed by atoms with Crippen LogP contribution < -0.4 is 4.74 Å². The van der Waals surface area contributed by atoms with Crippen LogP contribution in [0.25, 0.3) is 0 Å². The van der Waals surface area contributed by atoms with Crippen molar-refractivity contribution < 1.29 is 19.4 Å². The maximum absolute atomic E-state index is 12.4. The SMILES string of the molecule is Cc1cc(C)c(C)c(OCCC(=O)N2CC(C)CC(C(=O)O)C2)c1. The zero-order valence-electron chi connectivity index (χ0n) is 15.0. The van der Waals surface area contributed by atoms with E-state index in [1.807, 2.05) is 33.8 Å². The molecule has 2 atom stereocenters.